The number of H-pyrrole nitrogens is 1. The molecule has 7 nitrogen and oxygen atoms in total. The lowest BCUT2D eigenvalue weighted by Crippen LogP contribution is -2.53. The fraction of sp³-hybridized carbons (Fsp3) is 0.667. The van der Waals surface area contributed by atoms with Crippen LogP contribution in [-0.2, 0) is 0 Å². The van der Waals surface area contributed by atoms with Crippen molar-refractivity contribution in [1.29, 1.82) is 0 Å². The van der Waals surface area contributed by atoms with Crippen LogP contribution in [-0.4, -0.2) is 65.0 Å². The Morgan fingerprint density at radius 3 is 2.58 bits per heavy atom. The second-order valence-electron chi connectivity index (χ2n) is 4.06. The molecule has 2 N–H and O–H groups in total. The zero-order valence-electron chi connectivity index (χ0n) is 9.94. The summed E-state index contributed by atoms with van der Waals surface area (Å²) in [5.41, 5.74) is 0. The van der Waals surface area contributed by atoms with E-state index in [0.717, 1.165) is 0 Å². The molecule has 19 heavy (non-hydrogen) atoms. The lowest BCUT2D eigenvalue weighted by atomic mass is 10.3. The van der Waals surface area contributed by atoms with Crippen molar-refractivity contribution in [1.82, 2.24) is 25.4 Å². The van der Waals surface area contributed by atoms with E-state index in [1.54, 1.807) is 0 Å². The van der Waals surface area contributed by atoms with Crippen molar-refractivity contribution in [3.05, 3.63) is 6.33 Å². The molecule has 0 aromatic carbocycles. The van der Waals surface area contributed by atoms with E-state index in [1.807, 2.05) is 10.2 Å². The smallest absolute Gasteiger partial charge is 0.338 e. The third-order valence-electron chi connectivity index (χ3n) is 2.71. The minimum atomic E-state index is -4.39. The van der Waals surface area contributed by atoms with Gasteiger partial charge in [0.1, 0.15) is 12.9 Å². The fourth-order valence-electron chi connectivity index (χ4n) is 1.76. The number of nitrogens with zero attached hydrogens (tertiary/aromatic N) is 4. The summed E-state index contributed by atoms with van der Waals surface area (Å²) in [5.74, 6) is 0.593. The molecule has 0 spiro atoms. The highest BCUT2D eigenvalue weighted by Gasteiger charge is 2.29. The first-order valence-corrected chi connectivity index (χ1v) is 5.65. The third-order valence-corrected chi connectivity index (χ3v) is 2.71. The van der Waals surface area contributed by atoms with E-state index in [9.17, 15) is 18.0 Å². The second-order valence-corrected chi connectivity index (χ2v) is 4.06. The lowest BCUT2D eigenvalue weighted by Gasteiger charge is -2.34. The van der Waals surface area contributed by atoms with Gasteiger partial charge in [0.25, 0.3) is 0 Å². The molecular formula is C9H13F3N6O. The van der Waals surface area contributed by atoms with Crippen molar-refractivity contribution >= 4 is 12.0 Å². The van der Waals surface area contributed by atoms with Gasteiger partial charge in [0.2, 0.25) is 5.95 Å². The number of nitrogens with one attached hydrogen (secondary N) is 2. The molecule has 1 saturated heterocycles. The number of halogens is 3. The summed E-state index contributed by atoms with van der Waals surface area (Å²) < 4.78 is 35.9. The largest absolute Gasteiger partial charge is 0.405 e. The SMILES string of the molecule is O=C(NCC(F)(F)F)N1CCN(c2ncn[nH]2)CC1. The van der Waals surface area contributed by atoms with Crippen molar-refractivity contribution in [3.8, 4) is 0 Å². The maximum Gasteiger partial charge on any atom is 0.405 e. The van der Waals surface area contributed by atoms with Crippen molar-refractivity contribution in [2.24, 2.45) is 0 Å². The van der Waals surface area contributed by atoms with E-state index in [0.29, 0.717) is 32.1 Å². The number of carbonyl (C=O) groups is 1. The number of piperazine rings is 1. The van der Waals surface area contributed by atoms with Crippen LogP contribution < -0.4 is 10.2 Å². The van der Waals surface area contributed by atoms with Crippen LogP contribution in [0.4, 0.5) is 23.9 Å². The third kappa shape index (κ3) is 3.73. The van der Waals surface area contributed by atoms with Gasteiger partial charge in [-0.25, -0.2) is 9.89 Å². The summed E-state index contributed by atoms with van der Waals surface area (Å²) in [5, 5.41) is 8.25. The number of carbonyl (C=O) groups excluding carboxylic acids is 1. The Morgan fingerprint density at radius 1 is 1.37 bits per heavy atom. The highest BCUT2D eigenvalue weighted by Crippen LogP contribution is 2.13. The van der Waals surface area contributed by atoms with Gasteiger partial charge >= 0.3 is 12.2 Å². The van der Waals surface area contributed by atoms with Crippen molar-refractivity contribution in [2.45, 2.75) is 6.18 Å². The van der Waals surface area contributed by atoms with Crippen LogP contribution in [0.1, 0.15) is 0 Å². The van der Waals surface area contributed by atoms with E-state index in [1.165, 1.54) is 11.2 Å². The first kappa shape index (κ1) is 13.4. The Bertz CT molecular complexity index is 412. The molecule has 0 saturated carbocycles. The van der Waals surface area contributed by atoms with E-state index in [4.69, 9.17) is 0 Å². The van der Waals surface area contributed by atoms with Crippen molar-refractivity contribution in [3.63, 3.8) is 0 Å². The van der Waals surface area contributed by atoms with E-state index < -0.39 is 18.8 Å². The number of urea groups is 1. The maximum absolute atomic E-state index is 12.0. The van der Waals surface area contributed by atoms with Gasteiger partial charge in [-0.05, 0) is 0 Å². The highest BCUT2D eigenvalue weighted by molar-refractivity contribution is 5.74. The summed E-state index contributed by atoms with van der Waals surface area (Å²) >= 11 is 0. The first-order valence-electron chi connectivity index (χ1n) is 5.65. The summed E-state index contributed by atoms with van der Waals surface area (Å²) in [6.07, 6.45) is -3.02. The lowest BCUT2D eigenvalue weighted by molar-refractivity contribution is -0.123. The minimum absolute atomic E-state index is 0.338. The second kappa shape index (κ2) is 5.33. The van der Waals surface area contributed by atoms with Gasteiger partial charge in [-0.2, -0.15) is 23.3 Å². The molecule has 0 bridgehead atoms. The van der Waals surface area contributed by atoms with Crippen molar-refractivity contribution in [2.75, 3.05) is 37.6 Å². The van der Waals surface area contributed by atoms with Crippen LogP contribution in [0, 0.1) is 0 Å². The van der Waals surface area contributed by atoms with Gasteiger partial charge in [0.05, 0.1) is 0 Å². The van der Waals surface area contributed by atoms with Crippen LogP contribution in [0.25, 0.3) is 0 Å². The van der Waals surface area contributed by atoms with E-state index in [-0.39, 0.29) is 0 Å². The molecular weight excluding hydrogens is 265 g/mol. The normalized spacial score (nSPS) is 16.6. The molecule has 1 aromatic rings. The molecule has 0 unspecified atom stereocenters. The number of hydrogen-bond donors (Lipinski definition) is 2. The molecule has 1 aliphatic heterocycles. The van der Waals surface area contributed by atoms with E-state index >= 15 is 0 Å². The predicted molar refractivity (Wildman–Crippen MR) is 59.6 cm³/mol. The van der Waals surface area contributed by atoms with Gasteiger partial charge in [0, 0.05) is 26.2 Å². The van der Waals surface area contributed by atoms with Crippen LogP contribution >= 0.6 is 0 Å². The maximum atomic E-state index is 12.0. The number of alkyl halides is 3. The first-order chi connectivity index (χ1) is 8.96. The molecule has 2 amide bonds. The zero-order valence-corrected chi connectivity index (χ0v) is 9.94. The van der Waals surface area contributed by atoms with Crippen LogP contribution in [0.2, 0.25) is 0 Å². The molecule has 2 rings (SSSR count). The molecule has 1 aromatic heterocycles. The summed E-state index contributed by atoms with van der Waals surface area (Å²) in [6.45, 7) is 0.353. The minimum Gasteiger partial charge on any atom is -0.338 e. The zero-order chi connectivity index (χ0) is 13.9. The Labute approximate surface area is 106 Å². The number of aromatic nitrogens is 3. The Kier molecular flexibility index (Phi) is 3.76. The van der Waals surface area contributed by atoms with Gasteiger partial charge in [-0.15, -0.1) is 0 Å². The predicted octanol–water partition coefficient (Wildman–Crippen LogP) is 0.199. The monoisotopic (exact) mass is 278 g/mol. The van der Waals surface area contributed by atoms with Gasteiger partial charge in [-0.1, -0.05) is 0 Å². The molecule has 106 valence electrons. The summed E-state index contributed by atoms with van der Waals surface area (Å²) in [6, 6.07) is -0.699. The molecule has 2 heterocycles. The Morgan fingerprint density at radius 2 is 2.05 bits per heavy atom. The molecule has 0 radical (unpaired) electrons. The molecule has 0 atom stereocenters. The number of anilines is 1. The molecule has 1 fully saturated rings. The highest BCUT2D eigenvalue weighted by atomic mass is 19.4. The fourth-order valence-corrected chi connectivity index (χ4v) is 1.76. The number of aromatic amines is 1. The average Bonchev–Trinajstić information content (AvgIpc) is 2.89. The summed E-state index contributed by atoms with van der Waals surface area (Å²) in [7, 11) is 0. The van der Waals surface area contributed by atoms with Crippen LogP contribution in [0.5, 0.6) is 0 Å². The standard InChI is InChI=1S/C9H13F3N6O/c10-9(11,12)5-13-8(19)18-3-1-17(2-4-18)7-14-6-15-16-7/h6H,1-5H2,(H,13,19)(H,14,15,16). The Hall–Kier alpha value is -2.00. The molecule has 0 aliphatic carbocycles. The Balaban J connectivity index is 1.78. The van der Waals surface area contributed by atoms with Crippen molar-refractivity contribution < 1.29 is 18.0 Å². The number of rotatable bonds is 2. The van der Waals surface area contributed by atoms with Crippen LogP contribution in [0.15, 0.2) is 6.33 Å². The van der Waals surface area contributed by atoms with Gasteiger partial charge in [-0.3, -0.25) is 0 Å². The average molecular weight is 278 g/mol. The number of hydrogen-bond acceptors (Lipinski definition) is 4. The molecule has 1 aliphatic rings. The summed E-state index contributed by atoms with van der Waals surface area (Å²) in [4.78, 5) is 18.7. The van der Waals surface area contributed by atoms with Gasteiger partial charge in [0.15, 0.2) is 0 Å². The van der Waals surface area contributed by atoms with Gasteiger partial charge < -0.3 is 15.1 Å². The quantitative estimate of drug-likeness (QED) is 0.810. The molecule has 10 heteroatoms. The van der Waals surface area contributed by atoms with E-state index in [2.05, 4.69) is 15.2 Å². The van der Waals surface area contributed by atoms with Crippen LogP contribution in [0.3, 0.4) is 0 Å². The number of amides is 2. The topological polar surface area (TPSA) is 77.2 Å².